The number of nitrogens with one attached hydrogen (secondary N) is 1. The van der Waals surface area contributed by atoms with Crippen LogP contribution in [0.4, 0.5) is 5.69 Å². The van der Waals surface area contributed by atoms with Gasteiger partial charge in [-0.2, -0.15) is 0 Å². The number of rotatable bonds is 2. The lowest BCUT2D eigenvalue weighted by atomic mass is 9.88. The van der Waals surface area contributed by atoms with Gasteiger partial charge in [-0.15, -0.1) is 0 Å². The average Bonchev–Trinajstić information content (AvgIpc) is 3.10. The highest BCUT2D eigenvalue weighted by Crippen LogP contribution is 2.48. The van der Waals surface area contributed by atoms with Crippen molar-refractivity contribution in [2.24, 2.45) is 17.8 Å². The van der Waals surface area contributed by atoms with Crippen LogP contribution in [0.15, 0.2) is 42.5 Å². The minimum Gasteiger partial charge on any atom is -0.325 e. The third-order valence-corrected chi connectivity index (χ3v) is 5.12. The zero-order valence-electron chi connectivity index (χ0n) is 11.5. The fourth-order valence-corrected chi connectivity index (χ4v) is 4.13. The quantitative estimate of drug-likeness (QED) is 0.865. The Bertz CT molecular complexity index is 658. The van der Waals surface area contributed by atoms with Gasteiger partial charge in [0.15, 0.2) is 0 Å². The molecule has 0 radical (unpaired) electrons. The molecule has 20 heavy (non-hydrogen) atoms. The van der Waals surface area contributed by atoms with E-state index >= 15 is 0 Å². The van der Waals surface area contributed by atoms with E-state index in [4.69, 9.17) is 0 Å². The number of fused-ring (bicyclic) bond motifs is 3. The zero-order chi connectivity index (χ0) is 13.5. The number of hydrogen-bond acceptors (Lipinski definition) is 1. The second-order valence-electron chi connectivity index (χ2n) is 6.30. The average molecular weight is 265 g/mol. The van der Waals surface area contributed by atoms with Gasteiger partial charge in [-0.1, -0.05) is 42.8 Å². The molecule has 0 unspecified atom stereocenters. The zero-order valence-corrected chi connectivity index (χ0v) is 11.5. The van der Waals surface area contributed by atoms with Gasteiger partial charge in [0.1, 0.15) is 0 Å². The van der Waals surface area contributed by atoms with E-state index < -0.39 is 0 Å². The number of carbonyl (C=O) groups excluding carboxylic acids is 1. The van der Waals surface area contributed by atoms with E-state index in [-0.39, 0.29) is 11.8 Å². The first-order valence-electron chi connectivity index (χ1n) is 7.60. The third kappa shape index (κ3) is 1.91. The van der Waals surface area contributed by atoms with E-state index in [2.05, 4.69) is 23.5 Å². The predicted molar refractivity (Wildman–Crippen MR) is 81.5 cm³/mol. The Morgan fingerprint density at radius 3 is 2.65 bits per heavy atom. The maximum atomic E-state index is 12.5. The van der Waals surface area contributed by atoms with Crippen LogP contribution in [-0.4, -0.2) is 5.91 Å². The lowest BCUT2D eigenvalue weighted by Crippen LogP contribution is -2.27. The van der Waals surface area contributed by atoms with Crippen molar-refractivity contribution < 1.29 is 4.79 Å². The molecule has 0 aromatic heterocycles. The lowest BCUT2D eigenvalue weighted by Gasteiger charge is -2.21. The van der Waals surface area contributed by atoms with Gasteiger partial charge >= 0.3 is 0 Å². The topological polar surface area (TPSA) is 29.1 Å². The first kappa shape index (κ1) is 12.0. The SMILES string of the molecule is O=C(Nc1cccc2ccccc12)[C@H]1C[C@@H]2CC[C@@H]1C2. The molecule has 2 heteroatoms. The Morgan fingerprint density at radius 1 is 1.00 bits per heavy atom. The molecule has 2 aliphatic rings. The molecule has 2 aromatic carbocycles. The molecular weight excluding hydrogens is 246 g/mol. The summed E-state index contributed by atoms with van der Waals surface area (Å²) < 4.78 is 0. The highest BCUT2D eigenvalue weighted by Gasteiger charge is 2.43. The van der Waals surface area contributed by atoms with E-state index in [1.54, 1.807) is 0 Å². The predicted octanol–water partition coefficient (Wildman–Crippen LogP) is 4.21. The van der Waals surface area contributed by atoms with Gasteiger partial charge < -0.3 is 5.32 Å². The van der Waals surface area contributed by atoms with Crippen LogP contribution in [0.5, 0.6) is 0 Å². The van der Waals surface area contributed by atoms with Crippen LogP contribution in [0.25, 0.3) is 10.8 Å². The van der Waals surface area contributed by atoms with Crippen molar-refractivity contribution in [3.8, 4) is 0 Å². The summed E-state index contributed by atoms with van der Waals surface area (Å²) in [7, 11) is 0. The van der Waals surface area contributed by atoms with Gasteiger partial charge in [0, 0.05) is 17.0 Å². The fraction of sp³-hybridized carbons (Fsp3) is 0.389. The second-order valence-corrected chi connectivity index (χ2v) is 6.30. The number of hydrogen-bond donors (Lipinski definition) is 1. The smallest absolute Gasteiger partial charge is 0.227 e. The fourth-order valence-electron chi connectivity index (χ4n) is 4.13. The lowest BCUT2D eigenvalue weighted by molar-refractivity contribution is -0.121. The van der Waals surface area contributed by atoms with Gasteiger partial charge in [-0.25, -0.2) is 0 Å². The van der Waals surface area contributed by atoms with Crippen molar-refractivity contribution >= 4 is 22.4 Å². The van der Waals surface area contributed by atoms with Crippen LogP contribution in [0.2, 0.25) is 0 Å². The minimum atomic E-state index is 0.230. The normalized spacial score (nSPS) is 27.9. The van der Waals surface area contributed by atoms with Crippen molar-refractivity contribution in [3.05, 3.63) is 42.5 Å². The maximum absolute atomic E-state index is 12.5. The number of amides is 1. The summed E-state index contributed by atoms with van der Waals surface area (Å²) in [6.07, 6.45) is 4.95. The molecule has 2 aliphatic carbocycles. The molecule has 4 rings (SSSR count). The first-order chi connectivity index (χ1) is 9.81. The Labute approximate surface area is 119 Å². The van der Waals surface area contributed by atoms with E-state index in [9.17, 15) is 4.79 Å². The number of anilines is 1. The van der Waals surface area contributed by atoms with Crippen LogP contribution in [0, 0.1) is 17.8 Å². The molecule has 0 spiro atoms. The molecule has 1 N–H and O–H groups in total. The molecule has 3 atom stereocenters. The van der Waals surface area contributed by atoms with E-state index in [1.807, 2.05) is 24.3 Å². The minimum absolute atomic E-state index is 0.230. The molecule has 2 aromatic rings. The molecule has 2 bridgehead atoms. The van der Waals surface area contributed by atoms with Gasteiger partial charge in [0.05, 0.1) is 0 Å². The summed E-state index contributed by atoms with van der Waals surface area (Å²) in [6, 6.07) is 14.3. The standard InChI is InChI=1S/C18H19NO/c20-18(16-11-12-8-9-14(16)10-12)19-17-7-3-5-13-4-1-2-6-15(13)17/h1-7,12,14,16H,8-11H2,(H,19,20)/t12-,14-,16+/m1/s1. The Kier molecular flexibility index (Phi) is 2.76. The Hall–Kier alpha value is -1.83. The van der Waals surface area contributed by atoms with E-state index in [1.165, 1.54) is 24.6 Å². The largest absolute Gasteiger partial charge is 0.325 e. The van der Waals surface area contributed by atoms with Gasteiger partial charge in [0.2, 0.25) is 5.91 Å². The maximum Gasteiger partial charge on any atom is 0.227 e. The van der Waals surface area contributed by atoms with Crippen molar-refractivity contribution in [3.63, 3.8) is 0 Å². The molecular formula is C18H19NO. The Morgan fingerprint density at radius 2 is 1.85 bits per heavy atom. The summed E-state index contributed by atoms with van der Waals surface area (Å²) in [5.41, 5.74) is 0.955. The van der Waals surface area contributed by atoms with Gasteiger partial charge in [-0.05, 0) is 42.6 Å². The molecule has 0 heterocycles. The van der Waals surface area contributed by atoms with Crippen LogP contribution < -0.4 is 5.32 Å². The van der Waals surface area contributed by atoms with Crippen LogP contribution >= 0.6 is 0 Å². The van der Waals surface area contributed by atoms with Crippen molar-refractivity contribution in [1.82, 2.24) is 0 Å². The van der Waals surface area contributed by atoms with E-state index in [0.717, 1.165) is 23.4 Å². The molecule has 2 saturated carbocycles. The molecule has 102 valence electrons. The monoisotopic (exact) mass is 265 g/mol. The summed E-state index contributed by atoms with van der Waals surface area (Å²) in [6.45, 7) is 0. The van der Waals surface area contributed by atoms with E-state index in [0.29, 0.717) is 5.92 Å². The van der Waals surface area contributed by atoms with Crippen LogP contribution in [0.3, 0.4) is 0 Å². The molecule has 2 fully saturated rings. The third-order valence-electron chi connectivity index (χ3n) is 5.12. The van der Waals surface area contributed by atoms with Gasteiger partial charge in [-0.3, -0.25) is 4.79 Å². The number of benzene rings is 2. The molecule has 0 aliphatic heterocycles. The van der Waals surface area contributed by atoms with Crippen molar-refractivity contribution in [2.45, 2.75) is 25.7 Å². The first-order valence-corrected chi connectivity index (χ1v) is 7.60. The summed E-state index contributed by atoms with van der Waals surface area (Å²) in [4.78, 5) is 12.5. The molecule has 1 amide bonds. The molecule has 2 nitrogen and oxygen atoms in total. The van der Waals surface area contributed by atoms with Gasteiger partial charge in [0.25, 0.3) is 0 Å². The number of carbonyl (C=O) groups is 1. The highest BCUT2D eigenvalue weighted by atomic mass is 16.1. The Balaban J connectivity index is 1.60. The summed E-state index contributed by atoms with van der Waals surface area (Å²) >= 11 is 0. The second kappa shape index (κ2) is 4.62. The van der Waals surface area contributed by atoms with Crippen LogP contribution in [0.1, 0.15) is 25.7 Å². The summed E-state index contributed by atoms with van der Waals surface area (Å²) in [5, 5.41) is 5.48. The van der Waals surface area contributed by atoms with Crippen molar-refractivity contribution in [1.29, 1.82) is 0 Å². The summed E-state index contributed by atoms with van der Waals surface area (Å²) in [5.74, 6) is 1.92. The van der Waals surface area contributed by atoms with Crippen molar-refractivity contribution in [2.75, 3.05) is 5.32 Å². The highest BCUT2D eigenvalue weighted by molar-refractivity contribution is 6.02. The van der Waals surface area contributed by atoms with Crippen LogP contribution in [-0.2, 0) is 4.79 Å². The molecule has 0 saturated heterocycles.